The van der Waals surface area contributed by atoms with Crippen LogP contribution in [0.5, 0.6) is 0 Å². The lowest BCUT2D eigenvalue weighted by Gasteiger charge is -2.27. The Bertz CT molecular complexity index is 783. The third-order valence-electron chi connectivity index (χ3n) is 3.76. The number of piperazine rings is 1. The van der Waals surface area contributed by atoms with Crippen molar-refractivity contribution in [2.45, 2.75) is 0 Å². The zero-order valence-corrected chi connectivity index (χ0v) is 15.4. The Morgan fingerprint density at radius 1 is 0.857 bits per heavy atom. The van der Waals surface area contributed by atoms with Crippen molar-refractivity contribution in [3.8, 4) is 0 Å². The fourth-order valence-corrected chi connectivity index (χ4v) is 2.50. The molecule has 0 amide bonds. The van der Waals surface area contributed by atoms with Crippen LogP contribution >= 0.6 is 0 Å². The Hall–Kier alpha value is -2.67. The zero-order chi connectivity index (χ0) is 20.6. The van der Waals surface area contributed by atoms with Gasteiger partial charge in [-0.2, -0.15) is 10.2 Å². The molecule has 150 valence electrons. The van der Waals surface area contributed by atoms with Crippen molar-refractivity contribution >= 4 is 22.7 Å². The van der Waals surface area contributed by atoms with Gasteiger partial charge in [-0.3, -0.25) is 10.1 Å². The van der Waals surface area contributed by atoms with Crippen molar-refractivity contribution in [2.24, 2.45) is 10.2 Å². The summed E-state index contributed by atoms with van der Waals surface area (Å²) in [6.07, 6.45) is 0. The molecule has 0 spiro atoms. The van der Waals surface area contributed by atoms with Crippen LogP contribution in [0.25, 0.3) is 0 Å². The molecule has 1 aliphatic heterocycles. The predicted molar refractivity (Wildman–Crippen MR) is 87.6 cm³/mol. The normalized spacial score (nSPS) is 14.5. The fraction of sp³-hybridized carbons (Fsp3) is 0.250. The van der Waals surface area contributed by atoms with Crippen LogP contribution in [0.3, 0.4) is 0 Å². The summed E-state index contributed by atoms with van der Waals surface area (Å²) < 4.78 is 34.0. The molecule has 1 aliphatic rings. The van der Waals surface area contributed by atoms with Crippen LogP contribution in [0.4, 0.5) is 22.7 Å². The van der Waals surface area contributed by atoms with Crippen molar-refractivity contribution in [2.75, 3.05) is 31.1 Å². The first-order chi connectivity index (χ1) is 13.2. The highest BCUT2D eigenvalue weighted by Gasteiger charge is 2.12. The molecule has 0 bridgehead atoms. The molecular formula is C16H18ClN5O6. The predicted octanol–water partition coefficient (Wildman–Crippen LogP) is -2.36. The summed E-state index contributed by atoms with van der Waals surface area (Å²) in [4.78, 5) is 12.5. The van der Waals surface area contributed by atoms with Crippen molar-refractivity contribution in [3.05, 3.63) is 58.6 Å². The lowest BCUT2D eigenvalue weighted by Crippen LogP contribution is -2.89. The second-order valence-electron chi connectivity index (χ2n) is 5.72. The summed E-state index contributed by atoms with van der Waals surface area (Å²) in [6, 6.07) is 14.0. The average molecular weight is 412 g/mol. The second kappa shape index (κ2) is 10.0. The molecule has 3 rings (SSSR count). The molecule has 0 atom stereocenters. The number of non-ortho nitro benzene ring substituents is 1. The summed E-state index contributed by atoms with van der Waals surface area (Å²) in [6.45, 7) is 4.37. The van der Waals surface area contributed by atoms with Crippen LogP contribution in [0.15, 0.2) is 58.8 Å². The molecule has 0 radical (unpaired) electrons. The number of hydrogen-bond acceptors (Lipinski definition) is 9. The quantitative estimate of drug-likeness (QED) is 0.331. The van der Waals surface area contributed by atoms with Gasteiger partial charge in [0, 0.05) is 17.8 Å². The number of nitrogens with zero attached hydrogens (tertiary/aromatic N) is 4. The van der Waals surface area contributed by atoms with Crippen LogP contribution in [0, 0.1) is 20.4 Å². The molecule has 0 unspecified atom stereocenters. The molecule has 2 N–H and O–H groups in total. The van der Waals surface area contributed by atoms with Crippen LogP contribution in [0.1, 0.15) is 0 Å². The van der Waals surface area contributed by atoms with E-state index in [2.05, 4.69) is 32.6 Å². The number of nitro groups is 1. The number of anilines is 1. The summed E-state index contributed by atoms with van der Waals surface area (Å²) >= 11 is 0. The van der Waals surface area contributed by atoms with Crippen LogP contribution < -0.4 is 28.9 Å². The maximum absolute atomic E-state index is 10.6. The first-order valence-corrected chi connectivity index (χ1v) is 9.40. The Morgan fingerprint density at radius 3 is 1.71 bits per heavy atom. The maximum Gasteiger partial charge on any atom is 0.269 e. The Kier molecular flexibility index (Phi) is 7.75. The van der Waals surface area contributed by atoms with Gasteiger partial charge in [-0.05, 0) is 36.4 Å². The minimum atomic E-state index is -4.94. The second-order valence-corrected chi connectivity index (χ2v) is 6.48. The minimum absolute atomic E-state index is 0.0482. The number of azo groups is 1. The first-order valence-electron chi connectivity index (χ1n) is 8.17. The Morgan fingerprint density at radius 2 is 1.29 bits per heavy atom. The van der Waals surface area contributed by atoms with Crippen molar-refractivity contribution in [1.29, 1.82) is 0 Å². The first kappa shape index (κ1) is 21.6. The number of quaternary nitrogens is 1. The van der Waals surface area contributed by atoms with Crippen molar-refractivity contribution in [3.63, 3.8) is 0 Å². The monoisotopic (exact) mass is 411 g/mol. The summed E-state index contributed by atoms with van der Waals surface area (Å²) in [7, 11) is -4.94. The number of nitro benzene ring substituents is 1. The van der Waals surface area contributed by atoms with Crippen LogP contribution in [-0.4, -0.2) is 31.1 Å². The van der Waals surface area contributed by atoms with Gasteiger partial charge in [0.25, 0.3) is 5.69 Å². The molecule has 2 aromatic carbocycles. The van der Waals surface area contributed by atoms with E-state index in [1.807, 2.05) is 12.1 Å². The Balaban J connectivity index is 0.000000500. The van der Waals surface area contributed by atoms with Gasteiger partial charge in [-0.1, -0.05) is 0 Å². The lowest BCUT2D eigenvalue weighted by molar-refractivity contribution is -2.00. The van der Waals surface area contributed by atoms with E-state index >= 15 is 0 Å². The fourth-order valence-electron chi connectivity index (χ4n) is 2.50. The van der Waals surface area contributed by atoms with E-state index in [1.54, 1.807) is 12.1 Å². The van der Waals surface area contributed by atoms with Gasteiger partial charge in [0.15, 0.2) is 0 Å². The molecule has 28 heavy (non-hydrogen) atoms. The van der Waals surface area contributed by atoms with Gasteiger partial charge in [0.05, 0.1) is 42.5 Å². The standard InChI is InChI=1S/C16H17N5O2.ClHO4/c22-21(23)16-7-3-14(4-8-16)19-18-13-1-5-15(6-2-13)20-11-9-17-10-12-20;2-1(3,4)5/h1-8,17H,9-12H2;(H,2,3,4,5). The van der Waals surface area contributed by atoms with Gasteiger partial charge in [-0.25, -0.2) is 18.6 Å². The van der Waals surface area contributed by atoms with Crippen molar-refractivity contribution in [1.82, 2.24) is 0 Å². The van der Waals surface area contributed by atoms with E-state index < -0.39 is 15.2 Å². The summed E-state index contributed by atoms with van der Waals surface area (Å²) in [5, 5.41) is 21.2. The minimum Gasteiger partial charge on any atom is -0.360 e. The van der Waals surface area contributed by atoms with E-state index in [1.165, 1.54) is 17.8 Å². The van der Waals surface area contributed by atoms with Crippen LogP contribution in [0.2, 0.25) is 0 Å². The maximum atomic E-state index is 10.6. The zero-order valence-electron chi connectivity index (χ0n) is 14.6. The molecule has 2 aromatic rings. The lowest BCUT2D eigenvalue weighted by atomic mass is 10.2. The molecule has 12 heteroatoms. The van der Waals surface area contributed by atoms with Gasteiger partial charge in [-0.15, -0.1) is 10.2 Å². The van der Waals surface area contributed by atoms with Gasteiger partial charge in [0.2, 0.25) is 0 Å². The third kappa shape index (κ3) is 7.92. The van der Waals surface area contributed by atoms with E-state index in [0.29, 0.717) is 5.69 Å². The van der Waals surface area contributed by atoms with Gasteiger partial charge >= 0.3 is 0 Å². The number of hydrogen-bond donors (Lipinski definition) is 1. The SMILES string of the molecule is O=[N+]([O-])c1ccc(N=Nc2ccc(N3CC[NH2+]CC3)cc2)cc1.[O-][Cl+3]([O-])([O-])[O-]. The van der Waals surface area contributed by atoms with E-state index in [9.17, 15) is 10.1 Å². The van der Waals surface area contributed by atoms with E-state index in [-0.39, 0.29) is 5.69 Å². The van der Waals surface area contributed by atoms with Gasteiger partial charge in [0.1, 0.15) is 0 Å². The Labute approximate surface area is 162 Å². The molecule has 0 saturated carbocycles. The smallest absolute Gasteiger partial charge is 0.269 e. The highest BCUT2D eigenvalue weighted by molar-refractivity contribution is 5.53. The number of benzene rings is 2. The van der Waals surface area contributed by atoms with E-state index in [4.69, 9.17) is 18.6 Å². The summed E-state index contributed by atoms with van der Waals surface area (Å²) in [5.41, 5.74) is 2.60. The average Bonchev–Trinajstić information content (AvgIpc) is 2.66. The molecule has 0 aliphatic carbocycles. The highest BCUT2D eigenvalue weighted by Crippen LogP contribution is 2.23. The van der Waals surface area contributed by atoms with E-state index in [0.717, 1.165) is 31.9 Å². The van der Waals surface area contributed by atoms with Gasteiger partial charge < -0.3 is 10.2 Å². The van der Waals surface area contributed by atoms with Crippen LogP contribution in [-0.2, 0) is 0 Å². The van der Waals surface area contributed by atoms with Crippen molar-refractivity contribution < 1.29 is 39.1 Å². The third-order valence-corrected chi connectivity index (χ3v) is 3.76. The topological polar surface area (TPSA) is 180 Å². The largest absolute Gasteiger partial charge is 0.360 e. The molecular weight excluding hydrogens is 394 g/mol. The number of nitrogens with two attached hydrogens (primary N) is 1. The summed E-state index contributed by atoms with van der Waals surface area (Å²) in [5.74, 6) is 0. The molecule has 1 fully saturated rings. The molecule has 1 heterocycles. The molecule has 0 aromatic heterocycles. The molecule has 11 nitrogen and oxygen atoms in total. The number of halogens is 1. The number of rotatable bonds is 4. The molecule has 1 saturated heterocycles. The highest BCUT2D eigenvalue weighted by atomic mass is 35.7.